The number of aliphatic hydroxyl groups excluding tert-OH is 1. The molecule has 7 heteroatoms. The van der Waals surface area contributed by atoms with E-state index in [4.69, 9.17) is 5.11 Å². The summed E-state index contributed by atoms with van der Waals surface area (Å²) >= 11 is 1.59. The minimum Gasteiger partial charge on any atom is -0.384 e. The van der Waals surface area contributed by atoms with Gasteiger partial charge in [-0.1, -0.05) is 17.9 Å². The molecule has 2 aromatic rings. The van der Waals surface area contributed by atoms with Crippen LogP contribution < -0.4 is 4.72 Å². The van der Waals surface area contributed by atoms with Crippen molar-refractivity contribution in [2.24, 2.45) is 0 Å². The number of nitrogens with zero attached hydrogens (tertiary/aromatic N) is 1. The van der Waals surface area contributed by atoms with E-state index < -0.39 is 10.0 Å². The minimum absolute atomic E-state index is 0.0680. The predicted molar refractivity (Wildman–Crippen MR) is 81.4 cm³/mol. The van der Waals surface area contributed by atoms with Crippen LogP contribution in [-0.2, 0) is 16.4 Å². The Morgan fingerprint density at radius 2 is 2.24 bits per heavy atom. The quantitative estimate of drug-likeness (QED) is 0.805. The van der Waals surface area contributed by atoms with Gasteiger partial charge in [-0.15, -0.1) is 11.3 Å². The highest BCUT2D eigenvalue weighted by molar-refractivity contribution is 7.89. The van der Waals surface area contributed by atoms with E-state index in [-0.39, 0.29) is 11.5 Å². The molecular weight excluding hydrogens is 308 g/mol. The van der Waals surface area contributed by atoms with Crippen molar-refractivity contribution in [2.45, 2.75) is 11.3 Å². The van der Waals surface area contributed by atoms with E-state index in [1.165, 1.54) is 18.5 Å². The average Bonchev–Trinajstić information content (AvgIpc) is 2.98. The summed E-state index contributed by atoms with van der Waals surface area (Å²) in [6.07, 6.45) is 3.37. The van der Waals surface area contributed by atoms with Gasteiger partial charge in [-0.25, -0.2) is 13.1 Å². The van der Waals surface area contributed by atoms with E-state index in [0.717, 1.165) is 4.88 Å². The first kappa shape index (κ1) is 15.7. The lowest BCUT2D eigenvalue weighted by atomic mass is 10.3. The van der Waals surface area contributed by atoms with Gasteiger partial charge in [0.2, 0.25) is 10.0 Å². The number of aromatic nitrogens is 1. The smallest absolute Gasteiger partial charge is 0.242 e. The maximum atomic E-state index is 12.1. The summed E-state index contributed by atoms with van der Waals surface area (Å²) in [7, 11) is -3.60. The highest BCUT2D eigenvalue weighted by Gasteiger charge is 2.14. The lowest BCUT2D eigenvalue weighted by Gasteiger charge is -2.06. The SMILES string of the molecule is O=S(=O)(NCCc1cccs1)c1cncc(C#CCO)c1. The third kappa shape index (κ3) is 4.65. The van der Waals surface area contributed by atoms with E-state index in [9.17, 15) is 8.42 Å². The molecule has 2 rings (SSSR count). The molecule has 0 amide bonds. The van der Waals surface area contributed by atoms with Gasteiger partial charge in [0, 0.05) is 29.4 Å². The van der Waals surface area contributed by atoms with Crippen molar-refractivity contribution in [2.75, 3.05) is 13.2 Å². The Bertz CT molecular complexity index is 744. The maximum absolute atomic E-state index is 12.1. The van der Waals surface area contributed by atoms with Gasteiger partial charge in [0.15, 0.2) is 0 Å². The Hall–Kier alpha value is -1.72. The first-order valence-electron chi connectivity index (χ1n) is 6.18. The summed E-state index contributed by atoms with van der Waals surface area (Å²) in [5.41, 5.74) is 0.449. The molecule has 5 nitrogen and oxygen atoms in total. The zero-order chi connectivity index (χ0) is 15.1. The van der Waals surface area contributed by atoms with Crippen LogP contribution in [0.1, 0.15) is 10.4 Å². The highest BCUT2D eigenvalue weighted by atomic mass is 32.2. The topological polar surface area (TPSA) is 79.3 Å². The van der Waals surface area contributed by atoms with Gasteiger partial charge in [0.05, 0.1) is 0 Å². The van der Waals surface area contributed by atoms with Gasteiger partial charge >= 0.3 is 0 Å². The van der Waals surface area contributed by atoms with Crippen LogP contribution in [0.25, 0.3) is 0 Å². The summed E-state index contributed by atoms with van der Waals surface area (Å²) in [5, 5.41) is 10.6. The van der Waals surface area contributed by atoms with Gasteiger partial charge < -0.3 is 5.11 Å². The summed E-state index contributed by atoms with van der Waals surface area (Å²) in [6.45, 7) is 0.0471. The summed E-state index contributed by atoms with van der Waals surface area (Å²) in [6, 6.07) is 5.33. The molecule has 0 fully saturated rings. The normalized spacial score (nSPS) is 10.9. The Kier molecular flexibility index (Phi) is 5.47. The fourth-order valence-corrected chi connectivity index (χ4v) is 3.35. The molecule has 0 bridgehead atoms. The largest absolute Gasteiger partial charge is 0.384 e. The molecule has 2 N–H and O–H groups in total. The number of nitrogens with one attached hydrogen (secondary N) is 1. The average molecular weight is 322 g/mol. The van der Waals surface area contributed by atoms with Gasteiger partial charge in [-0.05, 0) is 23.9 Å². The van der Waals surface area contributed by atoms with Crippen molar-refractivity contribution in [3.8, 4) is 11.8 Å². The maximum Gasteiger partial charge on any atom is 0.242 e. The van der Waals surface area contributed by atoms with Crippen LogP contribution in [0.5, 0.6) is 0 Å². The molecule has 110 valence electrons. The molecule has 0 saturated heterocycles. The van der Waals surface area contributed by atoms with Gasteiger partial charge in [0.1, 0.15) is 11.5 Å². The Labute approximate surface area is 127 Å². The Morgan fingerprint density at radius 1 is 1.38 bits per heavy atom. The van der Waals surface area contributed by atoms with Crippen molar-refractivity contribution >= 4 is 21.4 Å². The second-order valence-electron chi connectivity index (χ2n) is 4.10. The van der Waals surface area contributed by atoms with Crippen molar-refractivity contribution < 1.29 is 13.5 Å². The number of thiophene rings is 1. The molecule has 0 radical (unpaired) electrons. The van der Waals surface area contributed by atoms with Gasteiger partial charge in [0.25, 0.3) is 0 Å². The van der Waals surface area contributed by atoms with E-state index in [1.807, 2.05) is 17.5 Å². The first-order valence-corrected chi connectivity index (χ1v) is 8.55. The molecule has 0 aliphatic carbocycles. The number of aliphatic hydroxyl groups is 1. The van der Waals surface area contributed by atoms with Gasteiger partial charge in [-0.2, -0.15) is 0 Å². The van der Waals surface area contributed by atoms with Crippen molar-refractivity contribution in [1.29, 1.82) is 0 Å². The van der Waals surface area contributed by atoms with Gasteiger partial charge in [-0.3, -0.25) is 4.98 Å². The number of hydrogen-bond acceptors (Lipinski definition) is 5. The molecule has 2 heterocycles. The zero-order valence-corrected chi connectivity index (χ0v) is 12.7. The van der Waals surface area contributed by atoms with Crippen LogP contribution in [0, 0.1) is 11.8 Å². The first-order chi connectivity index (χ1) is 10.1. The monoisotopic (exact) mass is 322 g/mol. The molecule has 0 saturated carbocycles. The molecule has 0 aromatic carbocycles. The van der Waals surface area contributed by atoms with Crippen LogP contribution in [0.2, 0.25) is 0 Å². The van der Waals surface area contributed by atoms with E-state index in [1.54, 1.807) is 11.3 Å². The van der Waals surface area contributed by atoms with E-state index in [0.29, 0.717) is 18.5 Å². The summed E-state index contributed by atoms with van der Waals surface area (Å²) in [5.74, 6) is 5.09. The zero-order valence-electron chi connectivity index (χ0n) is 11.1. The third-order valence-electron chi connectivity index (χ3n) is 2.58. The number of hydrogen-bond donors (Lipinski definition) is 2. The number of rotatable bonds is 5. The number of sulfonamides is 1. The second kappa shape index (κ2) is 7.33. The Balaban J connectivity index is 2.04. The minimum atomic E-state index is -3.60. The molecule has 0 aliphatic rings. The molecule has 0 spiro atoms. The molecule has 0 atom stereocenters. The summed E-state index contributed by atoms with van der Waals surface area (Å²) in [4.78, 5) is 5.05. The van der Waals surface area contributed by atoms with Crippen molar-refractivity contribution in [1.82, 2.24) is 9.71 Å². The van der Waals surface area contributed by atoms with E-state index >= 15 is 0 Å². The fraction of sp³-hybridized carbons (Fsp3) is 0.214. The predicted octanol–water partition coefficient (Wildman–Crippen LogP) is 1.01. The molecule has 2 aromatic heterocycles. The molecular formula is C14H14N2O3S2. The lowest BCUT2D eigenvalue weighted by Crippen LogP contribution is -2.26. The van der Waals surface area contributed by atoms with Crippen LogP contribution in [0.15, 0.2) is 40.9 Å². The van der Waals surface area contributed by atoms with Crippen molar-refractivity contribution in [3.63, 3.8) is 0 Å². The number of pyridine rings is 1. The highest BCUT2D eigenvalue weighted by Crippen LogP contribution is 2.11. The van der Waals surface area contributed by atoms with Crippen LogP contribution in [-0.4, -0.2) is 31.7 Å². The molecule has 21 heavy (non-hydrogen) atoms. The van der Waals surface area contributed by atoms with Crippen LogP contribution >= 0.6 is 11.3 Å². The summed E-state index contributed by atoms with van der Waals surface area (Å²) < 4.78 is 26.8. The standard InChI is InChI=1S/C14H14N2O3S2/c17-7-1-3-12-9-14(11-15-10-12)21(18,19)16-6-5-13-4-2-8-20-13/h2,4,8-11,16-17H,5-7H2. The fourth-order valence-electron chi connectivity index (χ4n) is 1.62. The van der Waals surface area contributed by atoms with Crippen molar-refractivity contribution in [3.05, 3.63) is 46.4 Å². The van der Waals surface area contributed by atoms with Crippen LogP contribution in [0.3, 0.4) is 0 Å². The Morgan fingerprint density at radius 3 is 2.95 bits per heavy atom. The second-order valence-corrected chi connectivity index (χ2v) is 6.90. The third-order valence-corrected chi connectivity index (χ3v) is 4.94. The molecule has 0 unspecified atom stereocenters. The lowest BCUT2D eigenvalue weighted by molar-refractivity contribution is 0.350. The van der Waals surface area contributed by atoms with Crippen LogP contribution in [0.4, 0.5) is 0 Å². The van der Waals surface area contributed by atoms with E-state index in [2.05, 4.69) is 21.5 Å². The molecule has 0 aliphatic heterocycles.